The van der Waals surface area contributed by atoms with Crippen molar-refractivity contribution < 1.29 is 19.7 Å². The van der Waals surface area contributed by atoms with Crippen molar-refractivity contribution in [2.75, 3.05) is 20.2 Å². The molecular formula is C24H29N3O4S. The van der Waals surface area contributed by atoms with E-state index in [0.29, 0.717) is 34.3 Å². The fourth-order valence-electron chi connectivity index (χ4n) is 3.37. The molecule has 2 aromatic rings. The normalized spacial score (nSPS) is 16.3. The van der Waals surface area contributed by atoms with Gasteiger partial charge in [0, 0.05) is 12.1 Å². The number of carbonyl (C=O) groups excluding carboxylic acids is 1. The molecule has 8 heteroatoms. The van der Waals surface area contributed by atoms with Crippen LogP contribution in [0.25, 0.3) is 6.08 Å². The molecule has 1 saturated heterocycles. The van der Waals surface area contributed by atoms with Gasteiger partial charge in [0.2, 0.25) is 0 Å². The van der Waals surface area contributed by atoms with Crippen LogP contribution in [-0.4, -0.2) is 46.4 Å². The zero-order chi connectivity index (χ0) is 22.9. The number of hydrogen-bond acceptors (Lipinski definition) is 7. The molecule has 0 spiro atoms. The Bertz CT molecular complexity index is 967. The van der Waals surface area contributed by atoms with Crippen LogP contribution < -0.4 is 10.5 Å². The topological polar surface area (TPSA) is 108 Å². The van der Waals surface area contributed by atoms with Crippen molar-refractivity contribution in [3.63, 3.8) is 0 Å². The minimum absolute atomic E-state index is 0.104. The van der Waals surface area contributed by atoms with Gasteiger partial charge in [-0.25, -0.2) is 4.99 Å². The molecule has 1 amide bonds. The lowest BCUT2D eigenvalue weighted by molar-refractivity contribution is -0.122. The van der Waals surface area contributed by atoms with Crippen LogP contribution in [0.5, 0.6) is 11.5 Å². The third-order valence-corrected chi connectivity index (χ3v) is 6.08. The van der Waals surface area contributed by atoms with E-state index in [9.17, 15) is 15.0 Å². The summed E-state index contributed by atoms with van der Waals surface area (Å²) in [5.41, 5.74) is 7.34. The maximum absolute atomic E-state index is 13.2. The fourth-order valence-corrected chi connectivity index (χ4v) is 4.39. The van der Waals surface area contributed by atoms with E-state index in [1.165, 1.54) is 18.9 Å². The number of para-hydroxylation sites is 1. The number of carbonyl (C=O) groups is 1. The van der Waals surface area contributed by atoms with Gasteiger partial charge in [0.05, 0.1) is 24.3 Å². The number of thioether (sulfide) groups is 1. The maximum atomic E-state index is 13.2. The number of benzene rings is 2. The minimum atomic E-state index is -0.337. The molecule has 0 atom stereocenters. The van der Waals surface area contributed by atoms with Crippen molar-refractivity contribution in [2.24, 2.45) is 10.7 Å². The van der Waals surface area contributed by atoms with Crippen molar-refractivity contribution >= 4 is 34.6 Å². The first kappa shape index (κ1) is 23.8. The minimum Gasteiger partial charge on any atom is -0.504 e. The van der Waals surface area contributed by atoms with Crippen LogP contribution in [0.3, 0.4) is 0 Å². The molecule has 1 fully saturated rings. The van der Waals surface area contributed by atoms with Gasteiger partial charge in [-0.05, 0) is 67.1 Å². The van der Waals surface area contributed by atoms with Crippen LogP contribution in [0.1, 0.15) is 36.8 Å². The van der Waals surface area contributed by atoms with E-state index in [-0.39, 0.29) is 24.0 Å². The molecule has 4 N–H and O–H groups in total. The van der Waals surface area contributed by atoms with Gasteiger partial charge in [0.15, 0.2) is 16.7 Å². The number of amidine groups is 1. The second kappa shape index (κ2) is 11.7. The third-order valence-electron chi connectivity index (χ3n) is 5.07. The quantitative estimate of drug-likeness (QED) is 0.369. The lowest BCUT2D eigenvalue weighted by Crippen LogP contribution is -2.30. The summed E-state index contributed by atoms with van der Waals surface area (Å²) in [6.45, 7) is 0.925. The summed E-state index contributed by atoms with van der Waals surface area (Å²) in [7, 11) is 1.44. The van der Waals surface area contributed by atoms with Crippen molar-refractivity contribution in [3.05, 3.63) is 58.5 Å². The predicted octanol–water partition coefficient (Wildman–Crippen LogP) is 4.02. The first-order valence-electron chi connectivity index (χ1n) is 10.6. The van der Waals surface area contributed by atoms with Gasteiger partial charge in [-0.3, -0.25) is 9.69 Å². The number of methoxy groups -OCH3 is 1. The summed E-state index contributed by atoms with van der Waals surface area (Å²) < 4.78 is 5.20. The molecular weight excluding hydrogens is 426 g/mol. The molecule has 0 aliphatic carbocycles. The number of aromatic hydroxyl groups is 1. The molecule has 3 rings (SSSR count). The monoisotopic (exact) mass is 455 g/mol. The number of amides is 1. The Hall–Kier alpha value is -2.81. The van der Waals surface area contributed by atoms with Crippen LogP contribution in [0.15, 0.2) is 52.4 Å². The van der Waals surface area contributed by atoms with Gasteiger partial charge >= 0.3 is 0 Å². The van der Waals surface area contributed by atoms with E-state index >= 15 is 0 Å². The lowest BCUT2D eigenvalue weighted by Gasteiger charge is -2.15. The number of aliphatic hydroxyl groups is 1. The first-order valence-corrected chi connectivity index (χ1v) is 11.4. The highest BCUT2D eigenvalue weighted by Gasteiger charge is 2.33. The summed E-state index contributed by atoms with van der Waals surface area (Å²) >= 11 is 1.32. The summed E-state index contributed by atoms with van der Waals surface area (Å²) in [4.78, 5) is 20.2. The second-order valence-corrected chi connectivity index (χ2v) is 8.40. The number of aliphatic hydroxyl groups excluding tert-OH is 1. The zero-order valence-electron chi connectivity index (χ0n) is 18.2. The highest BCUT2D eigenvalue weighted by atomic mass is 32.2. The number of nitrogens with two attached hydrogens (primary N) is 1. The smallest absolute Gasteiger partial charge is 0.266 e. The van der Waals surface area contributed by atoms with Gasteiger partial charge in [0.1, 0.15) is 0 Å². The average Bonchev–Trinajstić information content (AvgIpc) is 3.09. The number of nitrogens with zero attached hydrogens (tertiary/aromatic N) is 2. The number of hydrogen-bond donors (Lipinski definition) is 3. The summed E-state index contributed by atoms with van der Waals surface area (Å²) in [5, 5.41) is 20.3. The molecule has 1 heterocycles. The van der Waals surface area contributed by atoms with Crippen molar-refractivity contribution in [3.8, 4) is 11.5 Å². The van der Waals surface area contributed by atoms with Crippen LogP contribution in [0, 0.1) is 0 Å². The molecule has 0 saturated carbocycles. The van der Waals surface area contributed by atoms with Crippen molar-refractivity contribution in [1.82, 2.24) is 4.90 Å². The van der Waals surface area contributed by atoms with Gasteiger partial charge in [-0.15, -0.1) is 0 Å². The fraction of sp³-hybridized carbons (Fsp3) is 0.333. The van der Waals surface area contributed by atoms with Gasteiger partial charge in [0.25, 0.3) is 5.91 Å². The average molecular weight is 456 g/mol. The van der Waals surface area contributed by atoms with Crippen molar-refractivity contribution in [2.45, 2.75) is 32.3 Å². The van der Waals surface area contributed by atoms with E-state index in [1.54, 1.807) is 23.1 Å². The highest BCUT2D eigenvalue weighted by Crippen LogP contribution is 2.37. The largest absolute Gasteiger partial charge is 0.504 e. The number of ether oxygens (including phenoxy) is 1. The van der Waals surface area contributed by atoms with Crippen LogP contribution >= 0.6 is 11.8 Å². The molecule has 7 nitrogen and oxygen atoms in total. The molecule has 1 aliphatic heterocycles. The van der Waals surface area contributed by atoms with Gasteiger partial charge < -0.3 is 20.7 Å². The Morgan fingerprint density at radius 1 is 1.16 bits per heavy atom. The molecule has 0 bridgehead atoms. The van der Waals surface area contributed by atoms with Crippen LogP contribution in [-0.2, 0) is 11.4 Å². The molecule has 0 aromatic heterocycles. The molecule has 2 aromatic carbocycles. The van der Waals surface area contributed by atoms with E-state index in [4.69, 9.17) is 15.5 Å². The predicted molar refractivity (Wildman–Crippen MR) is 129 cm³/mol. The second-order valence-electron chi connectivity index (χ2n) is 7.39. The Morgan fingerprint density at radius 2 is 1.91 bits per heavy atom. The highest BCUT2D eigenvalue weighted by molar-refractivity contribution is 8.18. The van der Waals surface area contributed by atoms with Crippen LogP contribution in [0.4, 0.5) is 5.69 Å². The van der Waals surface area contributed by atoms with Gasteiger partial charge in [-0.1, -0.05) is 31.0 Å². The molecule has 32 heavy (non-hydrogen) atoms. The maximum Gasteiger partial charge on any atom is 0.266 e. The summed E-state index contributed by atoms with van der Waals surface area (Å²) in [5.74, 6) is 0.0304. The number of rotatable bonds is 10. The molecule has 0 unspecified atom stereocenters. The molecule has 170 valence electrons. The first-order chi connectivity index (χ1) is 15.6. The SMILES string of the molecule is COc1cc(/C=C2/SC(=Nc3ccccc3)N(CCCCCCN)C2=O)cc(CO)c1O. The van der Waals surface area contributed by atoms with Crippen molar-refractivity contribution in [1.29, 1.82) is 0 Å². The number of phenols is 1. The zero-order valence-corrected chi connectivity index (χ0v) is 19.0. The van der Waals surface area contributed by atoms with E-state index in [2.05, 4.69) is 0 Å². The summed E-state index contributed by atoms with van der Waals surface area (Å²) in [6, 6.07) is 12.8. The Morgan fingerprint density at radius 3 is 2.59 bits per heavy atom. The Labute approximate surface area is 192 Å². The standard InChI is InChI=1S/C24H29N3O4S/c1-31-20-14-17(13-18(16-28)22(20)29)15-21-23(30)27(12-8-3-2-7-11-25)24(32-21)26-19-9-5-4-6-10-19/h4-6,9-10,13-15,28-29H,2-3,7-8,11-12,16,25H2,1H3/b21-15+,26-24?. The molecule has 1 aliphatic rings. The number of aliphatic imine (C=N–C) groups is 1. The van der Waals surface area contributed by atoms with Crippen LogP contribution in [0.2, 0.25) is 0 Å². The summed E-state index contributed by atoms with van der Waals surface area (Å²) in [6.07, 6.45) is 5.63. The van der Waals surface area contributed by atoms with E-state index in [1.807, 2.05) is 30.3 Å². The van der Waals surface area contributed by atoms with Gasteiger partial charge in [-0.2, -0.15) is 0 Å². The van der Waals surface area contributed by atoms with E-state index < -0.39 is 0 Å². The number of unbranched alkanes of at least 4 members (excludes halogenated alkanes) is 3. The van der Waals surface area contributed by atoms with E-state index in [0.717, 1.165) is 31.4 Å². The Balaban J connectivity index is 1.89. The lowest BCUT2D eigenvalue weighted by atomic mass is 10.1. The third kappa shape index (κ3) is 5.91. The Kier molecular flexibility index (Phi) is 8.72. The molecule has 0 radical (unpaired) electrons.